The number of carbonyl (C=O) groups is 2. The van der Waals surface area contributed by atoms with Crippen molar-refractivity contribution in [3.63, 3.8) is 0 Å². The van der Waals surface area contributed by atoms with Crippen molar-refractivity contribution in [2.24, 2.45) is 0 Å². The summed E-state index contributed by atoms with van der Waals surface area (Å²) in [5.41, 5.74) is 1.99. The van der Waals surface area contributed by atoms with Gasteiger partial charge in [-0.05, 0) is 41.0 Å². The van der Waals surface area contributed by atoms with Gasteiger partial charge in [-0.15, -0.1) is 0 Å². The Morgan fingerprint density at radius 2 is 1.40 bits per heavy atom. The first kappa shape index (κ1) is 35.9. The summed E-state index contributed by atoms with van der Waals surface area (Å²) in [4.78, 5) is 25.6. The fraction of sp³-hybridized carbons (Fsp3) is 0.231. The highest BCUT2D eigenvalue weighted by Gasteiger charge is 2.50. The van der Waals surface area contributed by atoms with Gasteiger partial charge in [0.15, 0.2) is 30.0 Å². The molecule has 7 atom stereocenters. The predicted molar refractivity (Wildman–Crippen MR) is 184 cm³/mol. The van der Waals surface area contributed by atoms with Gasteiger partial charge in [-0.2, -0.15) is 0 Å². The number of phenols is 4. The molecule has 4 aromatic rings. The number of aliphatic hydroxyl groups is 2. The number of esters is 2. The normalized spacial score (nSPS) is 24.2. The van der Waals surface area contributed by atoms with E-state index >= 15 is 0 Å². The van der Waals surface area contributed by atoms with Crippen molar-refractivity contribution in [3.8, 4) is 28.7 Å². The fourth-order valence-electron chi connectivity index (χ4n) is 5.86. The van der Waals surface area contributed by atoms with Crippen LogP contribution in [0, 0.1) is 0 Å². The van der Waals surface area contributed by atoms with E-state index in [1.165, 1.54) is 42.5 Å². The molecule has 0 spiro atoms. The molecule has 13 heteroatoms. The molecule has 0 radical (unpaired) electrons. The largest absolute Gasteiger partial charge is 0.508 e. The van der Waals surface area contributed by atoms with Gasteiger partial charge in [-0.1, -0.05) is 66.7 Å². The van der Waals surface area contributed by atoms with Crippen LogP contribution >= 0.6 is 0 Å². The Kier molecular flexibility index (Phi) is 11.1. The minimum atomic E-state index is -1.80. The van der Waals surface area contributed by atoms with Crippen molar-refractivity contribution in [1.82, 2.24) is 0 Å². The molecular weight excluding hydrogens is 676 g/mol. The molecule has 4 aromatic carbocycles. The second-order valence-corrected chi connectivity index (χ2v) is 12.2. The smallest absolute Gasteiger partial charge is 0.331 e. The number of aromatic hydroxyl groups is 4. The molecule has 52 heavy (non-hydrogen) atoms. The summed E-state index contributed by atoms with van der Waals surface area (Å²) in [7, 11) is 0. The number of hydrogen-bond acceptors (Lipinski definition) is 13. The summed E-state index contributed by atoms with van der Waals surface area (Å²) in [5, 5.41) is 63.4. The van der Waals surface area contributed by atoms with Crippen molar-refractivity contribution in [2.75, 3.05) is 6.61 Å². The molecule has 0 aromatic heterocycles. The highest BCUT2D eigenvalue weighted by molar-refractivity contribution is 5.87. The average molecular weight is 713 g/mol. The fourth-order valence-corrected chi connectivity index (χ4v) is 5.86. The molecule has 2 aliphatic rings. The predicted octanol–water partition coefficient (Wildman–Crippen LogP) is 3.90. The lowest BCUT2D eigenvalue weighted by Gasteiger charge is -2.44. The number of carbonyl (C=O) groups excluding carboxylic acids is 2. The quantitative estimate of drug-likeness (QED) is 0.0786. The van der Waals surface area contributed by atoms with Crippen LogP contribution in [0.15, 0.2) is 103 Å². The first-order chi connectivity index (χ1) is 25.0. The lowest BCUT2D eigenvalue weighted by atomic mass is 9.93. The zero-order chi connectivity index (χ0) is 36.8. The van der Waals surface area contributed by atoms with Crippen LogP contribution in [0.2, 0.25) is 0 Å². The molecular formula is C39H36O13. The Morgan fingerprint density at radius 3 is 2.06 bits per heavy atom. The van der Waals surface area contributed by atoms with Crippen molar-refractivity contribution >= 4 is 24.1 Å². The third-order valence-corrected chi connectivity index (χ3v) is 8.51. The van der Waals surface area contributed by atoms with Crippen molar-refractivity contribution in [3.05, 3.63) is 125 Å². The zero-order valence-electron chi connectivity index (χ0n) is 27.5. The van der Waals surface area contributed by atoms with E-state index in [4.69, 9.17) is 23.7 Å². The molecule has 0 bridgehead atoms. The van der Waals surface area contributed by atoms with Crippen LogP contribution in [0.4, 0.5) is 0 Å². The van der Waals surface area contributed by atoms with Gasteiger partial charge in [0.05, 0.1) is 0 Å². The van der Waals surface area contributed by atoms with Crippen molar-refractivity contribution in [2.45, 2.75) is 49.3 Å². The van der Waals surface area contributed by atoms with E-state index in [1.807, 2.05) is 12.1 Å². The highest BCUT2D eigenvalue weighted by atomic mass is 16.7. The maximum Gasteiger partial charge on any atom is 0.331 e. The van der Waals surface area contributed by atoms with E-state index in [0.29, 0.717) is 11.1 Å². The van der Waals surface area contributed by atoms with Gasteiger partial charge in [0, 0.05) is 36.3 Å². The second-order valence-electron chi connectivity index (χ2n) is 12.2. The summed E-state index contributed by atoms with van der Waals surface area (Å²) < 4.78 is 29.5. The van der Waals surface area contributed by atoms with E-state index in [9.17, 15) is 40.2 Å². The number of fused-ring (bicyclic) bond motifs is 1. The molecule has 0 unspecified atom stereocenters. The van der Waals surface area contributed by atoms with Gasteiger partial charge >= 0.3 is 11.9 Å². The first-order valence-electron chi connectivity index (χ1n) is 16.3. The standard InChI is InChI=1S/C39H36O13/c40-25-18-28(42)26-20-31(37(49-30(26)19-25)24-13-14-27(41)29(43)17-24)50-39-38(52-34(45)16-12-23-9-5-2-6-10-23)36(47)35(46)32(51-39)21-48-33(44)15-11-22-7-3-1-4-8-22/h1-19,31-32,35-43,46-47H,20-21H2/b15-11+,16-12+/t31-,32+,35+,36-,37+,38+,39+/m0/s1. The van der Waals surface area contributed by atoms with Crippen LogP contribution in [-0.2, 0) is 35.0 Å². The topological polar surface area (TPSA) is 202 Å². The summed E-state index contributed by atoms with van der Waals surface area (Å²) in [6, 6.07) is 24.2. The van der Waals surface area contributed by atoms with Crippen LogP contribution in [0.5, 0.6) is 28.7 Å². The lowest BCUT2D eigenvalue weighted by Crippen LogP contribution is -2.61. The molecule has 0 aliphatic carbocycles. The number of phenolic OH excluding ortho intramolecular Hbond substituents is 4. The molecule has 2 heterocycles. The van der Waals surface area contributed by atoms with Gasteiger partial charge < -0.3 is 54.3 Å². The third kappa shape index (κ3) is 8.53. The van der Waals surface area contributed by atoms with E-state index in [0.717, 1.165) is 17.7 Å². The Labute approximate surface area is 297 Å². The Bertz CT molecular complexity index is 1930. The first-order valence-corrected chi connectivity index (χ1v) is 16.3. The number of benzene rings is 4. The number of aliphatic hydroxyl groups excluding tert-OH is 2. The van der Waals surface area contributed by atoms with E-state index in [1.54, 1.807) is 48.5 Å². The van der Waals surface area contributed by atoms with Crippen molar-refractivity contribution < 1.29 is 63.9 Å². The number of rotatable bonds is 10. The van der Waals surface area contributed by atoms with Crippen LogP contribution in [0.1, 0.15) is 28.4 Å². The second kappa shape index (κ2) is 16.0. The van der Waals surface area contributed by atoms with Crippen LogP contribution in [0.3, 0.4) is 0 Å². The molecule has 270 valence electrons. The van der Waals surface area contributed by atoms with Gasteiger partial charge in [0.2, 0.25) is 0 Å². The summed E-state index contributed by atoms with van der Waals surface area (Å²) >= 11 is 0. The summed E-state index contributed by atoms with van der Waals surface area (Å²) in [6.45, 7) is -0.524. The lowest BCUT2D eigenvalue weighted by molar-refractivity contribution is -0.319. The van der Waals surface area contributed by atoms with Crippen molar-refractivity contribution in [1.29, 1.82) is 0 Å². The summed E-state index contributed by atoms with van der Waals surface area (Å²) in [5.74, 6) is -2.98. The van der Waals surface area contributed by atoms with Gasteiger partial charge in [-0.3, -0.25) is 0 Å². The van der Waals surface area contributed by atoms with E-state index in [-0.39, 0.29) is 29.2 Å². The zero-order valence-corrected chi connectivity index (χ0v) is 27.5. The van der Waals surface area contributed by atoms with Gasteiger partial charge in [0.1, 0.15) is 48.3 Å². The monoisotopic (exact) mass is 712 g/mol. The Balaban J connectivity index is 1.27. The minimum absolute atomic E-state index is 0.0786. The molecule has 6 rings (SSSR count). The number of ether oxygens (including phenoxy) is 5. The maximum absolute atomic E-state index is 13.0. The highest BCUT2D eigenvalue weighted by Crippen LogP contribution is 2.44. The average Bonchev–Trinajstić information content (AvgIpc) is 3.14. The van der Waals surface area contributed by atoms with E-state index < -0.39 is 73.0 Å². The third-order valence-electron chi connectivity index (χ3n) is 8.51. The summed E-state index contributed by atoms with van der Waals surface area (Å²) in [6.07, 6.45) is -5.01. The van der Waals surface area contributed by atoms with Crippen LogP contribution in [-0.4, -0.2) is 86.0 Å². The molecule has 13 nitrogen and oxygen atoms in total. The Morgan fingerprint density at radius 1 is 0.750 bits per heavy atom. The molecule has 2 aliphatic heterocycles. The van der Waals surface area contributed by atoms with Crippen LogP contribution < -0.4 is 4.74 Å². The molecule has 0 saturated carbocycles. The van der Waals surface area contributed by atoms with E-state index in [2.05, 4.69) is 0 Å². The van der Waals surface area contributed by atoms with Gasteiger partial charge in [-0.25, -0.2) is 9.59 Å². The minimum Gasteiger partial charge on any atom is -0.508 e. The maximum atomic E-state index is 13.0. The SMILES string of the molecule is O=C(/C=C/c1ccccc1)OC[C@H]1O[C@@H](O[C@H]2Cc3c(O)cc(O)cc3O[C@@H]2c2ccc(O)c(O)c2)[C@H](OC(=O)/C=C/c2ccccc2)[C@@H](O)[C@@H]1O. The molecule has 6 N–H and O–H groups in total. The van der Waals surface area contributed by atoms with Gasteiger partial charge in [0.25, 0.3) is 0 Å². The molecule has 1 fully saturated rings. The Hall–Kier alpha value is -5.86. The number of hydrogen-bond donors (Lipinski definition) is 6. The van der Waals surface area contributed by atoms with Crippen LogP contribution in [0.25, 0.3) is 12.2 Å². The molecule has 0 amide bonds. The molecule has 1 saturated heterocycles.